The highest BCUT2D eigenvalue weighted by Crippen LogP contribution is 2.55. The maximum atomic E-state index is 4.98. The Balaban J connectivity index is 2.02. The summed E-state index contributed by atoms with van der Waals surface area (Å²) >= 11 is 7.20. The van der Waals surface area contributed by atoms with E-state index >= 15 is 0 Å². The predicted molar refractivity (Wildman–Crippen MR) is 128 cm³/mol. The van der Waals surface area contributed by atoms with E-state index in [1.54, 1.807) is 0 Å². The van der Waals surface area contributed by atoms with Gasteiger partial charge in [0.1, 0.15) is 14.6 Å². The third kappa shape index (κ3) is 2.74. The molecule has 2 nitrogen and oxygen atoms in total. The summed E-state index contributed by atoms with van der Waals surface area (Å²) in [5.41, 5.74) is 6.22. The molecule has 0 saturated heterocycles. The Labute approximate surface area is 193 Å². The minimum Gasteiger partial charge on any atom is -0.244 e. The smallest absolute Gasteiger partial charge is 0.106 e. The van der Waals surface area contributed by atoms with Gasteiger partial charge in [0, 0.05) is 5.41 Å². The summed E-state index contributed by atoms with van der Waals surface area (Å²) < 4.78 is 1.63. The van der Waals surface area contributed by atoms with Crippen LogP contribution in [-0.4, -0.2) is 9.97 Å². The Morgan fingerprint density at radius 3 is 1.33 bits per heavy atom. The molecule has 0 N–H and O–H groups in total. The van der Waals surface area contributed by atoms with Crippen LogP contribution >= 0.6 is 31.9 Å². The minimum absolute atomic E-state index is 0.130. The number of rotatable bonds is 2. The number of hydrogen-bond acceptors (Lipinski definition) is 2. The molecule has 30 heavy (non-hydrogen) atoms. The second kappa shape index (κ2) is 7.14. The summed E-state index contributed by atoms with van der Waals surface area (Å²) in [6, 6.07) is 29.7. The molecule has 0 atom stereocenters. The zero-order valence-electron chi connectivity index (χ0n) is 16.7. The maximum absolute atomic E-state index is 4.98. The van der Waals surface area contributed by atoms with Crippen molar-refractivity contribution in [3.05, 3.63) is 128 Å². The summed E-state index contributed by atoms with van der Waals surface area (Å²) in [5.74, 6) is 0. The first-order valence-corrected chi connectivity index (χ1v) is 11.5. The van der Waals surface area contributed by atoms with Crippen molar-refractivity contribution in [3.8, 4) is 0 Å². The molecule has 2 heterocycles. The Morgan fingerprint density at radius 1 is 0.533 bits per heavy atom. The van der Waals surface area contributed by atoms with E-state index in [1.165, 1.54) is 22.3 Å². The third-order valence-corrected chi connectivity index (χ3v) is 7.09. The highest BCUT2D eigenvalue weighted by atomic mass is 79.9. The monoisotopic (exact) mass is 518 g/mol. The average Bonchev–Trinajstić information content (AvgIpc) is 2.75. The normalized spacial score (nSPS) is 15.9. The summed E-state index contributed by atoms with van der Waals surface area (Å²) in [6.07, 6.45) is 0. The van der Waals surface area contributed by atoms with Crippen molar-refractivity contribution in [1.29, 1.82) is 0 Å². The number of halogens is 2. The summed E-state index contributed by atoms with van der Waals surface area (Å²) in [7, 11) is 0. The van der Waals surface area contributed by atoms with Gasteiger partial charge in [-0.05, 0) is 78.4 Å². The molecule has 2 aromatic heterocycles. The van der Waals surface area contributed by atoms with Gasteiger partial charge in [0.05, 0.1) is 11.4 Å². The fourth-order valence-electron chi connectivity index (χ4n) is 4.92. The quantitative estimate of drug-likeness (QED) is 0.266. The lowest BCUT2D eigenvalue weighted by molar-refractivity contribution is 0.544. The van der Waals surface area contributed by atoms with Crippen LogP contribution in [0, 0.1) is 0 Å². The molecule has 4 aromatic rings. The number of aromatic nitrogens is 2. The molecule has 4 heteroatoms. The number of nitrogens with zero attached hydrogens (tertiary/aromatic N) is 2. The highest BCUT2D eigenvalue weighted by molar-refractivity contribution is 9.10. The Hall–Kier alpha value is -2.30. The molecule has 0 saturated carbocycles. The molecule has 0 unspecified atom stereocenters. The molecule has 2 aromatic carbocycles. The van der Waals surface area contributed by atoms with Crippen LogP contribution in [0.15, 0.2) is 94.1 Å². The van der Waals surface area contributed by atoms with E-state index in [9.17, 15) is 0 Å². The van der Waals surface area contributed by atoms with E-state index in [4.69, 9.17) is 9.97 Å². The van der Waals surface area contributed by atoms with Crippen LogP contribution in [0.2, 0.25) is 0 Å². The first-order valence-electron chi connectivity index (χ1n) is 9.92. The van der Waals surface area contributed by atoms with Crippen molar-refractivity contribution in [1.82, 2.24) is 9.97 Å². The number of hydrogen-bond donors (Lipinski definition) is 0. The summed E-state index contributed by atoms with van der Waals surface area (Å²) in [6.45, 7) is 4.61. The van der Waals surface area contributed by atoms with Crippen molar-refractivity contribution >= 4 is 31.9 Å². The Kier molecular flexibility index (Phi) is 4.68. The van der Waals surface area contributed by atoms with E-state index in [0.29, 0.717) is 0 Å². The SMILES string of the molecule is CC1(C)c2ccccc2C(c2cccc(Br)n2)(c2cccc(Br)n2)c2ccccc21. The standard InChI is InChI=1S/C26H20Br2N2/c1-25(2)17-9-3-5-11-19(17)26(20-12-6-4-10-18(20)25,21-13-7-15-23(27)29-21)22-14-8-16-24(28)30-22/h3-16H,1-2H3. The first kappa shape index (κ1) is 19.7. The van der Waals surface area contributed by atoms with E-state index in [0.717, 1.165) is 20.6 Å². The topological polar surface area (TPSA) is 25.8 Å². The lowest BCUT2D eigenvalue weighted by atomic mass is 9.56. The molecule has 0 spiro atoms. The van der Waals surface area contributed by atoms with Gasteiger partial charge in [0.15, 0.2) is 0 Å². The fraction of sp³-hybridized carbons (Fsp3) is 0.154. The summed E-state index contributed by atoms with van der Waals surface area (Å²) in [5, 5.41) is 0. The van der Waals surface area contributed by atoms with Gasteiger partial charge in [-0.3, -0.25) is 0 Å². The zero-order chi connectivity index (χ0) is 20.9. The molecule has 1 aliphatic rings. The molecule has 0 amide bonds. The second-order valence-electron chi connectivity index (χ2n) is 8.16. The van der Waals surface area contributed by atoms with E-state index in [1.807, 2.05) is 12.1 Å². The van der Waals surface area contributed by atoms with Crippen molar-refractivity contribution in [2.75, 3.05) is 0 Å². The van der Waals surface area contributed by atoms with Crippen LogP contribution in [-0.2, 0) is 10.8 Å². The lowest BCUT2D eigenvalue weighted by Gasteiger charge is -2.46. The van der Waals surface area contributed by atoms with Gasteiger partial charge in [-0.2, -0.15) is 0 Å². The molecule has 148 valence electrons. The van der Waals surface area contributed by atoms with Gasteiger partial charge in [-0.15, -0.1) is 0 Å². The molecular weight excluding hydrogens is 500 g/mol. The second-order valence-corrected chi connectivity index (χ2v) is 9.78. The number of fused-ring (bicyclic) bond motifs is 2. The van der Waals surface area contributed by atoms with E-state index < -0.39 is 5.41 Å². The molecule has 0 aliphatic heterocycles. The number of benzene rings is 2. The van der Waals surface area contributed by atoms with Gasteiger partial charge < -0.3 is 0 Å². The van der Waals surface area contributed by atoms with E-state index in [2.05, 4.69) is 119 Å². The Bertz CT molecular complexity index is 1170. The van der Waals surface area contributed by atoms with Gasteiger partial charge >= 0.3 is 0 Å². The minimum atomic E-state index is -0.615. The zero-order valence-corrected chi connectivity index (χ0v) is 19.9. The molecule has 5 rings (SSSR count). The largest absolute Gasteiger partial charge is 0.244 e. The van der Waals surface area contributed by atoms with Crippen LogP contribution < -0.4 is 0 Å². The molecule has 0 bridgehead atoms. The summed E-state index contributed by atoms with van der Waals surface area (Å²) in [4.78, 5) is 9.96. The van der Waals surface area contributed by atoms with Crippen LogP contribution in [0.1, 0.15) is 47.5 Å². The van der Waals surface area contributed by atoms with Gasteiger partial charge in [0.2, 0.25) is 0 Å². The average molecular weight is 520 g/mol. The maximum Gasteiger partial charge on any atom is 0.106 e. The van der Waals surface area contributed by atoms with Gasteiger partial charge in [-0.1, -0.05) is 74.5 Å². The highest BCUT2D eigenvalue weighted by Gasteiger charge is 2.50. The van der Waals surface area contributed by atoms with Gasteiger partial charge in [-0.25, -0.2) is 9.97 Å². The van der Waals surface area contributed by atoms with Crippen molar-refractivity contribution in [2.24, 2.45) is 0 Å². The van der Waals surface area contributed by atoms with Crippen LogP contribution in [0.4, 0.5) is 0 Å². The molecule has 0 fully saturated rings. The van der Waals surface area contributed by atoms with Crippen LogP contribution in [0.5, 0.6) is 0 Å². The molecule has 1 aliphatic carbocycles. The van der Waals surface area contributed by atoms with Crippen LogP contribution in [0.25, 0.3) is 0 Å². The van der Waals surface area contributed by atoms with Crippen molar-refractivity contribution in [3.63, 3.8) is 0 Å². The lowest BCUT2D eigenvalue weighted by Crippen LogP contribution is -2.43. The van der Waals surface area contributed by atoms with Gasteiger partial charge in [0.25, 0.3) is 0 Å². The molecular formula is C26H20Br2N2. The first-order chi connectivity index (χ1) is 14.5. The predicted octanol–water partition coefficient (Wildman–Crippen LogP) is 7.02. The molecule has 0 radical (unpaired) electrons. The van der Waals surface area contributed by atoms with Crippen molar-refractivity contribution < 1.29 is 0 Å². The van der Waals surface area contributed by atoms with Crippen LogP contribution in [0.3, 0.4) is 0 Å². The van der Waals surface area contributed by atoms with E-state index in [-0.39, 0.29) is 5.41 Å². The number of pyridine rings is 2. The fourth-order valence-corrected chi connectivity index (χ4v) is 5.61. The van der Waals surface area contributed by atoms with Crippen molar-refractivity contribution in [2.45, 2.75) is 24.7 Å². The Morgan fingerprint density at radius 2 is 0.933 bits per heavy atom. The third-order valence-electron chi connectivity index (χ3n) is 6.21.